The molecule has 27 heavy (non-hydrogen) atoms. The zero-order valence-corrected chi connectivity index (χ0v) is 17.4. The number of carbonyl (C=O) groups excluding carboxylic acids is 1. The van der Waals surface area contributed by atoms with Crippen LogP contribution in [-0.4, -0.2) is 39.7 Å². The van der Waals surface area contributed by atoms with E-state index < -0.39 is 9.84 Å². The minimum Gasteiger partial charge on any atom is -0.348 e. The molecule has 0 aromatic heterocycles. The van der Waals surface area contributed by atoms with Crippen LogP contribution < -0.4 is 10.6 Å². The van der Waals surface area contributed by atoms with Crippen LogP contribution in [0.2, 0.25) is 0 Å². The highest BCUT2D eigenvalue weighted by molar-refractivity contribution is 7.99. The van der Waals surface area contributed by atoms with Gasteiger partial charge >= 0.3 is 0 Å². The van der Waals surface area contributed by atoms with E-state index in [0.717, 1.165) is 35.7 Å². The van der Waals surface area contributed by atoms with Gasteiger partial charge in [0.2, 0.25) is 0 Å². The van der Waals surface area contributed by atoms with Gasteiger partial charge in [-0.3, -0.25) is 4.79 Å². The number of amides is 1. The number of rotatable bonds is 5. The average molecular weight is 427 g/mol. The summed E-state index contributed by atoms with van der Waals surface area (Å²) < 4.78 is 23.1. The van der Waals surface area contributed by atoms with Gasteiger partial charge in [0.15, 0.2) is 9.84 Å². The van der Waals surface area contributed by atoms with Crippen molar-refractivity contribution in [3.05, 3.63) is 54.1 Å². The smallest absolute Gasteiger partial charge is 0.252 e. The Morgan fingerprint density at radius 2 is 1.85 bits per heavy atom. The molecule has 1 aliphatic heterocycles. The van der Waals surface area contributed by atoms with E-state index in [9.17, 15) is 13.2 Å². The molecule has 0 radical (unpaired) electrons. The molecule has 0 spiro atoms. The molecule has 146 valence electrons. The summed E-state index contributed by atoms with van der Waals surface area (Å²) in [6.07, 6.45) is 3.24. The summed E-state index contributed by atoms with van der Waals surface area (Å²) in [5.41, 5.74) is 0.635. The Kier molecular flexibility index (Phi) is 7.73. The minimum atomic E-state index is -3.21. The Morgan fingerprint density at radius 1 is 1.15 bits per heavy atom. The summed E-state index contributed by atoms with van der Waals surface area (Å²) in [7, 11) is -3.21. The fourth-order valence-electron chi connectivity index (χ4n) is 2.86. The molecule has 3 rings (SSSR count). The van der Waals surface area contributed by atoms with Gasteiger partial charge in [0, 0.05) is 28.6 Å². The lowest BCUT2D eigenvalue weighted by Crippen LogP contribution is -2.45. The van der Waals surface area contributed by atoms with E-state index in [-0.39, 0.29) is 29.3 Å². The Morgan fingerprint density at radius 3 is 2.48 bits per heavy atom. The fourth-order valence-corrected chi connectivity index (χ4v) is 4.44. The Balaban J connectivity index is 0.00000261. The van der Waals surface area contributed by atoms with Crippen LogP contribution >= 0.6 is 24.2 Å². The molecule has 5 nitrogen and oxygen atoms in total. The van der Waals surface area contributed by atoms with Gasteiger partial charge in [-0.05, 0) is 55.8 Å². The summed E-state index contributed by atoms with van der Waals surface area (Å²) in [4.78, 5) is 14.7. The van der Waals surface area contributed by atoms with E-state index in [1.165, 1.54) is 18.0 Å². The molecule has 1 atom stereocenters. The van der Waals surface area contributed by atoms with Crippen molar-refractivity contribution in [3.63, 3.8) is 0 Å². The first-order valence-corrected chi connectivity index (χ1v) is 11.2. The predicted octanol–water partition coefficient (Wildman–Crippen LogP) is 3.14. The van der Waals surface area contributed by atoms with Crippen molar-refractivity contribution in [2.24, 2.45) is 0 Å². The number of benzene rings is 2. The average Bonchev–Trinajstić information content (AvgIpc) is 2.63. The Labute approximate surface area is 170 Å². The molecule has 8 heteroatoms. The molecule has 1 aliphatic rings. The Bertz CT molecular complexity index is 880. The van der Waals surface area contributed by atoms with Gasteiger partial charge < -0.3 is 10.6 Å². The van der Waals surface area contributed by atoms with Crippen molar-refractivity contribution in [2.45, 2.75) is 33.6 Å². The molecule has 0 unspecified atom stereocenters. The monoisotopic (exact) mass is 426 g/mol. The molecule has 0 saturated carbocycles. The summed E-state index contributed by atoms with van der Waals surface area (Å²) in [6, 6.07) is 14.3. The third-order valence-electron chi connectivity index (χ3n) is 4.24. The van der Waals surface area contributed by atoms with Crippen molar-refractivity contribution < 1.29 is 13.2 Å². The largest absolute Gasteiger partial charge is 0.348 e. The second-order valence-corrected chi connectivity index (χ2v) is 9.49. The SMILES string of the molecule is CS(=O)(=O)c1ccc(Sc2ccccc2C(=O)N[C@H]2CCCNC2)cc1.Cl. The van der Waals surface area contributed by atoms with Gasteiger partial charge in [-0.25, -0.2) is 8.42 Å². The van der Waals surface area contributed by atoms with E-state index >= 15 is 0 Å². The highest BCUT2D eigenvalue weighted by atomic mass is 35.5. The first-order chi connectivity index (χ1) is 12.4. The number of carbonyl (C=O) groups is 1. The van der Waals surface area contributed by atoms with E-state index in [2.05, 4.69) is 10.6 Å². The van der Waals surface area contributed by atoms with Crippen molar-refractivity contribution in [1.82, 2.24) is 10.6 Å². The molecule has 1 fully saturated rings. The fraction of sp³-hybridized carbons (Fsp3) is 0.316. The first-order valence-electron chi connectivity index (χ1n) is 8.52. The maximum Gasteiger partial charge on any atom is 0.252 e. The first kappa shape index (κ1) is 21.8. The van der Waals surface area contributed by atoms with E-state index in [0.29, 0.717) is 5.56 Å². The molecule has 1 heterocycles. The molecule has 2 N–H and O–H groups in total. The van der Waals surface area contributed by atoms with Crippen LogP contribution in [0.4, 0.5) is 0 Å². The standard InChI is InChI=1S/C19H22N2O3S2.ClH/c1-26(23,24)16-10-8-15(9-11-16)25-18-7-3-2-6-17(18)19(22)21-14-5-4-12-20-13-14;/h2-3,6-11,14,20H,4-5,12-13H2,1H3,(H,21,22);1H/t14-;/m0./s1. The maximum absolute atomic E-state index is 12.7. The molecule has 1 saturated heterocycles. The van der Waals surface area contributed by atoms with Gasteiger partial charge in [-0.2, -0.15) is 0 Å². The highest BCUT2D eigenvalue weighted by Crippen LogP contribution is 2.31. The number of piperidine rings is 1. The Hall–Kier alpha value is -1.54. The van der Waals surface area contributed by atoms with Gasteiger partial charge in [0.1, 0.15) is 0 Å². The van der Waals surface area contributed by atoms with Crippen LogP contribution in [0.25, 0.3) is 0 Å². The topological polar surface area (TPSA) is 75.3 Å². The summed E-state index contributed by atoms with van der Waals surface area (Å²) in [5.74, 6) is -0.0745. The van der Waals surface area contributed by atoms with Crippen LogP contribution in [0.5, 0.6) is 0 Å². The minimum absolute atomic E-state index is 0. The zero-order valence-electron chi connectivity index (χ0n) is 15.0. The number of nitrogens with one attached hydrogen (secondary N) is 2. The molecular weight excluding hydrogens is 404 g/mol. The number of halogens is 1. The van der Waals surface area contributed by atoms with Crippen molar-refractivity contribution >= 4 is 39.9 Å². The third kappa shape index (κ3) is 5.97. The second kappa shape index (κ2) is 9.59. The zero-order chi connectivity index (χ0) is 18.6. The van der Waals surface area contributed by atoms with E-state index in [1.807, 2.05) is 24.3 Å². The molecule has 0 bridgehead atoms. The lowest BCUT2D eigenvalue weighted by molar-refractivity contribution is 0.0927. The van der Waals surface area contributed by atoms with Gasteiger partial charge in [-0.1, -0.05) is 23.9 Å². The lowest BCUT2D eigenvalue weighted by atomic mass is 10.1. The molecule has 2 aromatic carbocycles. The van der Waals surface area contributed by atoms with Crippen molar-refractivity contribution in [3.8, 4) is 0 Å². The van der Waals surface area contributed by atoms with Crippen LogP contribution in [-0.2, 0) is 9.84 Å². The second-order valence-electron chi connectivity index (χ2n) is 6.36. The third-order valence-corrected chi connectivity index (χ3v) is 6.46. The van der Waals surface area contributed by atoms with Gasteiger partial charge in [0.25, 0.3) is 5.91 Å². The molecule has 2 aromatic rings. The van der Waals surface area contributed by atoms with Crippen LogP contribution in [0, 0.1) is 0 Å². The summed E-state index contributed by atoms with van der Waals surface area (Å²) >= 11 is 1.45. The van der Waals surface area contributed by atoms with Crippen molar-refractivity contribution in [2.75, 3.05) is 19.3 Å². The van der Waals surface area contributed by atoms with Crippen molar-refractivity contribution in [1.29, 1.82) is 0 Å². The van der Waals surface area contributed by atoms with E-state index in [1.54, 1.807) is 24.3 Å². The van der Waals surface area contributed by atoms with Gasteiger partial charge in [-0.15, -0.1) is 12.4 Å². The van der Waals surface area contributed by atoms with Crippen LogP contribution in [0.15, 0.2) is 63.2 Å². The molecule has 1 amide bonds. The number of hydrogen-bond acceptors (Lipinski definition) is 5. The summed E-state index contributed by atoms with van der Waals surface area (Å²) in [6.45, 7) is 1.80. The lowest BCUT2D eigenvalue weighted by Gasteiger charge is -2.24. The van der Waals surface area contributed by atoms with Crippen LogP contribution in [0.1, 0.15) is 23.2 Å². The van der Waals surface area contributed by atoms with Gasteiger partial charge in [0.05, 0.1) is 10.5 Å². The molecule has 0 aliphatic carbocycles. The number of sulfone groups is 1. The maximum atomic E-state index is 12.7. The summed E-state index contributed by atoms with van der Waals surface area (Å²) in [5, 5.41) is 6.39. The van der Waals surface area contributed by atoms with E-state index in [4.69, 9.17) is 0 Å². The quantitative estimate of drug-likeness (QED) is 0.768. The predicted molar refractivity (Wildman–Crippen MR) is 111 cm³/mol. The highest BCUT2D eigenvalue weighted by Gasteiger charge is 2.18. The van der Waals surface area contributed by atoms with Crippen LogP contribution in [0.3, 0.4) is 0 Å². The normalized spacial score (nSPS) is 17.0. The molecular formula is C19H23ClN2O3S2. The number of hydrogen-bond donors (Lipinski definition) is 2.